The van der Waals surface area contributed by atoms with Gasteiger partial charge in [0.05, 0.1) is 0 Å². The highest BCUT2D eigenvalue weighted by molar-refractivity contribution is 7.99. The van der Waals surface area contributed by atoms with E-state index < -0.39 is 0 Å². The minimum Gasteiger partial charge on any atom is -0.329 e. The molecule has 17 heavy (non-hydrogen) atoms. The van der Waals surface area contributed by atoms with Crippen LogP contribution in [0.1, 0.15) is 23.6 Å². The Kier molecular flexibility index (Phi) is 4.89. The normalized spacial score (nSPS) is 19.9. The molecule has 1 aromatic carbocycles. The number of thioether (sulfide) groups is 1. The van der Waals surface area contributed by atoms with Gasteiger partial charge in [-0.05, 0) is 31.2 Å². The first kappa shape index (κ1) is 12.9. The molecule has 1 heterocycles. The maximum atomic E-state index is 5.99. The third-order valence-corrected chi connectivity index (χ3v) is 4.40. The summed E-state index contributed by atoms with van der Waals surface area (Å²) in [7, 11) is 0. The molecule has 0 radical (unpaired) electrons. The van der Waals surface area contributed by atoms with Gasteiger partial charge in [0.25, 0.3) is 0 Å². The topological polar surface area (TPSA) is 29.3 Å². The number of hydrogen-bond acceptors (Lipinski definition) is 3. The van der Waals surface area contributed by atoms with Crippen molar-refractivity contribution in [3.8, 4) is 0 Å². The van der Waals surface area contributed by atoms with Crippen molar-refractivity contribution in [1.29, 1.82) is 0 Å². The lowest BCUT2D eigenvalue weighted by atomic mass is 10.0. The van der Waals surface area contributed by atoms with Crippen LogP contribution in [0.4, 0.5) is 0 Å². The molecule has 1 aliphatic heterocycles. The third kappa shape index (κ3) is 3.47. The molecule has 3 heteroatoms. The molecule has 1 saturated heterocycles. The second kappa shape index (κ2) is 6.43. The second-order valence-corrected chi connectivity index (χ2v) is 5.89. The molecule has 0 aromatic heterocycles. The predicted octanol–water partition coefficient (Wildman–Crippen LogP) is 2.43. The van der Waals surface area contributed by atoms with Gasteiger partial charge in [0.15, 0.2) is 0 Å². The van der Waals surface area contributed by atoms with Gasteiger partial charge in [-0.25, -0.2) is 0 Å². The van der Waals surface area contributed by atoms with Crippen LogP contribution in [0.25, 0.3) is 0 Å². The van der Waals surface area contributed by atoms with Gasteiger partial charge in [0, 0.05) is 24.9 Å². The van der Waals surface area contributed by atoms with Crippen molar-refractivity contribution in [2.45, 2.75) is 19.4 Å². The summed E-state index contributed by atoms with van der Waals surface area (Å²) in [4.78, 5) is 2.55. The van der Waals surface area contributed by atoms with Crippen LogP contribution in [0.15, 0.2) is 24.3 Å². The Morgan fingerprint density at radius 1 is 1.35 bits per heavy atom. The molecule has 2 rings (SSSR count). The van der Waals surface area contributed by atoms with E-state index >= 15 is 0 Å². The fraction of sp³-hybridized carbons (Fsp3) is 0.571. The van der Waals surface area contributed by atoms with E-state index in [0.29, 0.717) is 12.6 Å². The van der Waals surface area contributed by atoms with E-state index in [0.717, 1.165) is 0 Å². The Hall–Kier alpha value is -0.510. The molecule has 2 nitrogen and oxygen atoms in total. The SMILES string of the molecule is Cc1cccc(C(CN)N2CCCSCC2)c1. The largest absolute Gasteiger partial charge is 0.329 e. The van der Waals surface area contributed by atoms with Crippen molar-refractivity contribution < 1.29 is 0 Å². The molecule has 2 N–H and O–H groups in total. The highest BCUT2D eigenvalue weighted by atomic mass is 32.2. The molecule has 1 unspecified atom stereocenters. The molecule has 0 bridgehead atoms. The second-order valence-electron chi connectivity index (χ2n) is 4.67. The van der Waals surface area contributed by atoms with Crippen LogP contribution in [0.3, 0.4) is 0 Å². The maximum absolute atomic E-state index is 5.99. The highest BCUT2D eigenvalue weighted by Gasteiger charge is 2.20. The van der Waals surface area contributed by atoms with Crippen molar-refractivity contribution in [3.63, 3.8) is 0 Å². The molecule has 0 aliphatic carbocycles. The number of nitrogens with zero attached hydrogens (tertiary/aromatic N) is 1. The van der Waals surface area contributed by atoms with Crippen molar-refractivity contribution in [2.24, 2.45) is 5.73 Å². The van der Waals surface area contributed by atoms with Crippen molar-refractivity contribution in [1.82, 2.24) is 4.90 Å². The molecule has 1 atom stereocenters. The Morgan fingerprint density at radius 2 is 2.24 bits per heavy atom. The fourth-order valence-corrected chi connectivity index (χ4v) is 3.35. The average Bonchev–Trinajstić information content (AvgIpc) is 2.59. The van der Waals surface area contributed by atoms with Gasteiger partial charge >= 0.3 is 0 Å². The third-order valence-electron chi connectivity index (χ3n) is 3.35. The lowest BCUT2D eigenvalue weighted by Gasteiger charge is -2.30. The number of benzene rings is 1. The zero-order valence-corrected chi connectivity index (χ0v) is 11.4. The number of nitrogens with two attached hydrogens (primary N) is 1. The Morgan fingerprint density at radius 3 is 3.00 bits per heavy atom. The summed E-state index contributed by atoms with van der Waals surface area (Å²) in [6, 6.07) is 9.17. The van der Waals surface area contributed by atoms with Crippen LogP contribution in [-0.4, -0.2) is 36.0 Å². The predicted molar refractivity (Wildman–Crippen MR) is 76.5 cm³/mol. The summed E-state index contributed by atoms with van der Waals surface area (Å²) < 4.78 is 0. The van der Waals surface area contributed by atoms with E-state index in [4.69, 9.17) is 5.73 Å². The Balaban J connectivity index is 2.14. The molecule has 0 spiro atoms. The Bertz CT molecular complexity index is 346. The standard InChI is InChI=1S/C14H22N2S/c1-12-4-2-5-13(10-12)14(11-15)16-6-3-8-17-9-7-16/h2,4-5,10,14H,3,6-9,11,15H2,1H3. The van der Waals surface area contributed by atoms with Crippen LogP contribution >= 0.6 is 11.8 Å². The van der Waals surface area contributed by atoms with Crippen LogP contribution in [0, 0.1) is 6.92 Å². The molecule has 94 valence electrons. The van der Waals surface area contributed by atoms with Crippen molar-refractivity contribution in [3.05, 3.63) is 35.4 Å². The number of aryl methyl sites for hydroxylation is 1. The highest BCUT2D eigenvalue weighted by Crippen LogP contribution is 2.23. The summed E-state index contributed by atoms with van der Waals surface area (Å²) >= 11 is 2.06. The van der Waals surface area contributed by atoms with Gasteiger partial charge in [-0.1, -0.05) is 29.8 Å². The molecule has 1 aromatic rings. The molecule has 0 saturated carbocycles. The van der Waals surface area contributed by atoms with E-state index in [1.54, 1.807) is 0 Å². The van der Waals surface area contributed by atoms with Gasteiger partial charge in [-0.3, -0.25) is 4.90 Å². The quantitative estimate of drug-likeness (QED) is 0.893. The first-order valence-electron chi connectivity index (χ1n) is 6.39. The van der Waals surface area contributed by atoms with E-state index in [9.17, 15) is 0 Å². The molecule has 0 amide bonds. The summed E-state index contributed by atoms with van der Waals surface area (Å²) in [5.41, 5.74) is 8.69. The van der Waals surface area contributed by atoms with Gasteiger partial charge < -0.3 is 5.73 Å². The molecule has 1 fully saturated rings. The monoisotopic (exact) mass is 250 g/mol. The minimum atomic E-state index is 0.397. The molecular formula is C14H22N2S. The first-order valence-corrected chi connectivity index (χ1v) is 7.55. The first-order chi connectivity index (χ1) is 8.31. The van der Waals surface area contributed by atoms with Crippen molar-refractivity contribution >= 4 is 11.8 Å². The summed E-state index contributed by atoms with van der Waals surface area (Å²) in [5, 5.41) is 0. The fourth-order valence-electron chi connectivity index (χ4n) is 2.45. The van der Waals surface area contributed by atoms with Gasteiger partial charge in [-0.15, -0.1) is 0 Å². The smallest absolute Gasteiger partial charge is 0.0470 e. The minimum absolute atomic E-state index is 0.397. The van der Waals surface area contributed by atoms with Gasteiger partial charge in [-0.2, -0.15) is 11.8 Å². The van der Waals surface area contributed by atoms with E-state index in [2.05, 4.69) is 47.9 Å². The van der Waals surface area contributed by atoms with Crippen LogP contribution in [0.5, 0.6) is 0 Å². The zero-order valence-electron chi connectivity index (χ0n) is 10.6. The van der Waals surface area contributed by atoms with Gasteiger partial charge in [0.2, 0.25) is 0 Å². The summed E-state index contributed by atoms with van der Waals surface area (Å²) in [6.45, 7) is 5.22. The van der Waals surface area contributed by atoms with E-state index in [1.807, 2.05) is 0 Å². The number of hydrogen-bond donors (Lipinski definition) is 1. The van der Waals surface area contributed by atoms with Crippen LogP contribution < -0.4 is 5.73 Å². The van der Waals surface area contributed by atoms with Crippen molar-refractivity contribution in [2.75, 3.05) is 31.1 Å². The summed E-state index contributed by atoms with van der Waals surface area (Å²) in [5.74, 6) is 2.53. The molecular weight excluding hydrogens is 228 g/mol. The average molecular weight is 250 g/mol. The zero-order chi connectivity index (χ0) is 12.1. The maximum Gasteiger partial charge on any atom is 0.0470 e. The Labute approximate surface area is 109 Å². The van der Waals surface area contributed by atoms with Gasteiger partial charge in [0.1, 0.15) is 0 Å². The lowest BCUT2D eigenvalue weighted by Crippen LogP contribution is -2.35. The molecule has 1 aliphatic rings. The lowest BCUT2D eigenvalue weighted by molar-refractivity contribution is 0.218. The van der Waals surface area contributed by atoms with E-state index in [1.165, 1.54) is 42.1 Å². The summed E-state index contributed by atoms with van der Waals surface area (Å²) in [6.07, 6.45) is 1.28. The van der Waals surface area contributed by atoms with Crippen LogP contribution in [0.2, 0.25) is 0 Å². The number of rotatable bonds is 3. The van der Waals surface area contributed by atoms with E-state index in [-0.39, 0.29) is 0 Å². The van der Waals surface area contributed by atoms with Crippen LogP contribution in [-0.2, 0) is 0 Å².